The van der Waals surface area contributed by atoms with Crippen LogP contribution in [0, 0.1) is 0 Å². The standard InChI is InChI=1S/C17H22O3/c1-13(2)11-19-16-10-9-15(20-17(16)12-18-3)14-7-5-4-6-8-14/h4-10,15-17H,1,11-12H2,2-3H3/t15-,16-,17+/m0/s1. The van der Waals surface area contributed by atoms with Gasteiger partial charge in [0.2, 0.25) is 0 Å². The van der Waals surface area contributed by atoms with Crippen LogP contribution in [0.25, 0.3) is 0 Å². The molecule has 0 amide bonds. The Bertz CT molecular complexity index is 453. The zero-order valence-corrected chi connectivity index (χ0v) is 12.1. The van der Waals surface area contributed by atoms with E-state index in [1.165, 1.54) is 0 Å². The first-order chi connectivity index (χ1) is 9.70. The molecule has 0 unspecified atom stereocenters. The molecular formula is C17H22O3. The van der Waals surface area contributed by atoms with Crippen molar-refractivity contribution in [3.05, 3.63) is 60.2 Å². The van der Waals surface area contributed by atoms with Crippen LogP contribution in [0.3, 0.4) is 0 Å². The molecule has 1 heterocycles. The molecule has 0 aromatic heterocycles. The molecule has 0 aliphatic carbocycles. The summed E-state index contributed by atoms with van der Waals surface area (Å²) >= 11 is 0. The first kappa shape index (κ1) is 15.0. The first-order valence-electron chi connectivity index (χ1n) is 6.84. The van der Waals surface area contributed by atoms with Crippen molar-refractivity contribution in [1.82, 2.24) is 0 Å². The molecule has 1 aromatic rings. The molecule has 0 fully saturated rings. The summed E-state index contributed by atoms with van der Waals surface area (Å²) in [7, 11) is 1.68. The highest BCUT2D eigenvalue weighted by Crippen LogP contribution is 2.27. The molecule has 0 radical (unpaired) electrons. The lowest BCUT2D eigenvalue weighted by Gasteiger charge is -2.32. The Labute approximate surface area is 120 Å². The van der Waals surface area contributed by atoms with Crippen LogP contribution in [0.5, 0.6) is 0 Å². The third-order valence-corrected chi connectivity index (χ3v) is 3.14. The highest BCUT2D eigenvalue weighted by Gasteiger charge is 2.28. The van der Waals surface area contributed by atoms with Gasteiger partial charge in [0, 0.05) is 7.11 Å². The summed E-state index contributed by atoms with van der Waals surface area (Å²) in [5.41, 5.74) is 2.14. The average molecular weight is 274 g/mol. The van der Waals surface area contributed by atoms with Crippen LogP contribution in [0.4, 0.5) is 0 Å². The summed E-state index contributed by atoms with van der Waals surface area (Å²) in [5.74, 6) is 0. The van der Waals surface area contributed by atoms with Crippen LogP contribution in [0.15, 0.2) is 54.6 Å². The van der Waals surface area contributed by atoms with Crippen molar-refractivity contribution in [3.8, 4) is 0 Å². The van der Waals surface area contributed by atoms with Gasteiger partial charge in [-0.25, -0.2) is 0 Å². The van der Waals surface area contributed by atoms with Crippen molar-refractivity contribution in [2.75, 3.05) is 20.3 Å². The number of rotatable bonds is 6. The van der Waals surface area contributed by atoms with E-state index in [1.807, 2.05) is 31.2 Å². The number of ether oxygens (including phenoxy) is 3. The lowest BCUT2D eigenvalue weighted by atomic mass is 10.0. The van der Waals surface area contributed by atoms with Crippen molar-refractivity contribution in [3.63, 3.8) is 0 Å². The van der Waals surface area contributed by atoms with Crippen molar-refractivity contribution in [1.29, 1.82) is 0 Å². The normalized spacial score (nSPS) is 25.6. The molecule has 1 aliphatic heterocycles. The molecule has 0 N–H and O–H groups in total. The van der Waals surface area contributed by atoms with E-state index in [1.54, 1.807) is 7.11 Å². The Kier molecular flexibility index (Phi) is 5.53. The van der Waals surface area contributed by atoms with Gasteiger partial charge in [0.25, 0.3) is 0 Å². The van der Waals surface area contributed by atoms with E-state index in [-0.39, 0.29) is 18.3 Å². The summed E-state index contributed by atoms with van der Waals surface area (Å²) in [4.78, 5) is 0. The molecule has 0 spiro atoms. The predicted octanol–water partition coefficient (Wildman–Crippen LogP) is 3.29. The Morgan fingerprint density at radius 3 is 2.65 bits per heavy atom. The van der Waals surface area contributed by atoms with Crippen molar-refractivity contribution in [2.24, 2.45) is 0 Å². The van der Waals surface area contributed by atoms with E-state index >= 15 is 0 Å². The van der Waals surface area contributed by atoms with E-state index in [2.05, 4.69) is 24.8 Å². The van der Waals surface area contributed by atoms with Gasteiger partial charge in [0.1, 0.15) is 18.3 Å². The molecule has 2 rings (SSSR count). The average Bonchev–Trinajstić information content (AvgIpc) is 2.47. The molecule has 0 saturated carbocycles. The quantitative estimate of drug-likeness (QED) is 0.745. The Hall–Kier alpha value is -1.42. The van der Waals surface area contributed by atoms with Crippen LogP contribution >= 0.6 is 0 Å². The molecule has 108 valence electrons. The summed E-state index contributed by atoms with van der Waals surface area (Å²) < 4.78 is 17.1. The lowest BCUT2D eigenvalue weighted by molar-refractivity contribution is -0.105. The predicted molar refractivity (Wildman–Crippen MR) is 79.6 cm³/mol. The zero-order valence-electron chi connectivity index (χ0n) is 12.1. The van der Waals surface area contributed by atoms with Gasteiger partial charge in [-0.3, -0.25) is 0 Å². The second-order valence-electron chi connectivity index (χ2n) is 5.08. The minimum absolute atomic E-state index is 0.0407. The zero-order chi connectivity index (χ0) is 14.4. The molecule has 20 heavy (non-hydrogen) atoms. The second-order valence-corrected chi connectivity index (χ2v) is 5.08. The van der Waals surface area contributed by atoms with E-state index in [9.17, 15) is 0 Å². The van der Waals surface area contributed by atoms with E-state index < -0.39 is 0 Å². The molecular weight excluding hydrogens is 252 g/mol. The molecule has 0 saturated heterocycles. The summed E-state index contributed by atoms with van der Waals surface area (Å²) in [5, 5.41) is 0. The van der Waals surface area contributed by atoms with Gasteiger partial charge in [-0.1, -0.05) is 54.6 Å². The largest absolute Gasteiger partial charge is 0.382 e. The maximum Gasteiger partial charge on any atom is 0.112 e. The topological polar surface area (TPSA) is 27.7 Å². The summed E-state index contributed by atoms with van der Waals surface area (Å²) in [6, 6.07) is 10.2. The van der Waals surface area contributed by atoms with Crippen molar-refractivity contribution >= 4 is 0 Å². The Morgan fingerprint density at radius 2 is 2.00 bits per heavy atom. The third kappa shape index (κ3) is 4.04. The van der Waals surface area contributed by atoms with Crippen molar-refractivity contribution in [2.45, 2.75) is 25.2 Å². The lowest BCUT2D eigenvalue weighted by Crippen LogP contribution is -2.38. The van der Waals surface area contributed by atoms with Crippen LogP contribution in [-0.4, -0.2) is 32.5 Å². The molecule has 0 bridgehead atoms. The molecule has 3 atom stereocenters. The van der Waals surface area contributed by atoms with Gasteiger partial charge in [-0.05, 0) is 12.5 Å². The fraction of sp³-hybridized carbons (Fsp3) is 0.412. The smallest absolute Gasteiger partial charge is 0.112 e. The minimum Gasteiger partial charge on any atom is -0.382 e. The van der Waals surface area contributed by atoms with Gasteiger partial charge < -0.3 is 14.2 Å². The molecule has 3 heteroatoms. The van der Waals surface area contributed by atoms with E-state index in [0.717, 1.165) is 11.1 Å². The van der Waals surface area contributed by atoms with E-state index in [4.69, 9.17) is 14.2 Å². The van der Waals surface area contributed by atoms with Crippen LogP contribution < -0.4 is 0 Å². The minimum atomic E-state index is -0.102. The van der Waals surface area contributed by atoms with Gasteiger partial charge in [-0.15, -0.1) is 0 Å². The Balaban J connectivity index is 2.06. The number of hydrogen-bond donors (Lipinski definition) is 0. The first-order valence-corrected chi connectivity index (χ1v) is 6.84. The number of benzene rings is 1. The fourth-order valence-electron chi connectivity index (χ4n) is 2.18. The molecule has 3 nitrogen and oxygen atoms in total. The maximum absolute atomic E-state index is 6.09. The highest BCUT2D eigenvalue weighted by molar-refractivity contribution is 5.23. The summed E-state index contributed by atoms with van der Waals surface area (Å²) in [6.45, 7) is 6.85. The third-order valence-electron chi connectivity index (χ3n) is 3.14. The van der Waals surface area contributed by atoms with Crippen LogP contribution in [0.2, 0.25) is 0 Å². The molecule has 1 aliphatic rings. The monoisotopic (exact) mass is 274 g/mol. The summed E-state index contributed by atoms with van der Waals surface area (Å²) in [6.07, 6.45) is 3.88. The fourth-order valence-corrected chi connectivity index (χ4v) is 2.18. The van der Waals surface area contributed by atoms with Crippen molar-refractivity contribution < 1.29 is 14.2 Å². The van der Waals surface area contributed by atoms with Gasteiger partial charge in [-0.2, -0.15) is 0 Å². The second kappa shape index (κ2) is 7.39. The highest BCUT2D eigenvalue weighted by atomic mass is 16.6. The van der Waals surface area contributed by atoms with Gasteiger partial charge in [0.15, 0.2) is 0 Å². The Morgan fingerprint density at radius 1 is 1.25 bits per heavy atom. The number of methoxy groups -OCH3 is 1. The van der Waals surface area contributed by atoms with Crippen LogP contribution in [-0.2, 0) is 14.2 Å². The van der Waals surface area contributed by atoms with Gasteiger partial charge in [0.05, 0.1) is 13.2 Å². The number of hydrogen-bond acceptors (Lipinski definition) is 3. The van der Waals surface area contributed by atoms with E-state index in [0.29, 0.717) is 13.2 Å². The SMILES string of the molecule is C=C(C)CO[C@H]1C=C[C@@H](c2ccccc2)O[C@@H]1COC. The van der Waals surface area contributed by atoms with Gasteiger partial charge >= 0.3 is 0 Å². The maximum atomic E-state index is 6.09. The molecule has 1 aromatic carbocycles. The van der Waals surface area contributed by atoms with Crippen LogP contribution in [0.1, 0.15) is 18.6 Å².